The van der Waals surface area contributed by atoms with Crippen molar-refractivity contribution >= 4 is 0 Å². The molecule has 1 heterocycles. The molecular formula is C12H26N2O2. The molecule has 0 radical (unpaired) electrons. The molecule has 0 aromatic heterocycles. The fourth-order valence-corrected chi connectivity index (χ4v) is 2.34. The largest absolute Gasteiger partial charge is 0.389 e. The second-order valence-electron chi connectivity index (χ2n) is 4.66. The Hall–Kier alpha value is -0.160. The normalized spacial score (nSPS) is 22.9. The van der Waals surface area contributed by atoms with Gasteiger partial charge in [0.05, 0.1) is 12.7 Å². The lowest BCUT2D eigenvalue weighted by Crippen LogP contribution is -2.42. The Balaban J connectivity index is 2.27. The second kappa shape index (κ2) is 8.01. The molecule has 1 saturated heterocycles. The lowest BCUT2D eigenvalue weighted by atomic mass is 10.2. The summed E-state index contributed by atoms with van der Waals surface area (Å²) in [5, 5.41) is 13.2. The number of hydrogen-bond acceptors (Lipinski definition) is 4. The molecule has 0 aliphatic carbocycles. The molecule has 1 aliphatic heterocycles. The zero-order valence-electron chi connectivity index (χ0n) is 10.6. The number of nitrogens with one attached hydrogen (secondary N) is 1. The van der Waals surface area contributed by atoms with Crippen molar-refractivity contribution in [2.45, 2.75) is 38.3 Å². The third-order valence-electron chi connectivity index (χ3n) is 3.01. The highest BCUT2D eigenvalue weighted by Crippen LogP contribution is 2.08. The molecule has 16 heavy (non-hydrogen) atoms. The average molecular weight is 230 g/mol. The van der Waals surface area contributed by atoms with Crippen LogP contribution in [0.2, 0.25) is 0 Å². The van der Waals surface area contributed by atoms with Crippen molar-refractivity contribution in [1.29, 1.82) is 0 Å². The van der Waals surface area contributed by atoms with Gasteiger partial charge in [-0.1, -0.05) is 6.92 Å². The summed E-state index contributed by atoms with van der Waals surface area (Å²) in [5.41, 5.74) is 0. The molecule has 4 nitrogen and oxygen atoms in total. The molecular weight excluding hydrogens is 204 g/mol. The fraction of sp³-hybridized carbons (Fsp3) is 1.00. The van der Waals surface area contributed by atoms with Crippen LogP contribution in [0.4, 0.5) is 0 Å². The van der Waals surface area contributed by atoms with E-state index in [0.29, 0.717) is 12.6 Å². The first kappa shape index (κ1) is 13.9. The molecule has 0 spiro atoms. The summed E-state index contributed by atoms with van der Waals surface area (Å²) in [4.78, 5) is 2.34. The Morgan fingerprint density at radius 1 is 1.56 bits per heavy atom. The van der Waals surface area contributed by atoms with E-state index in [1.54, 1.807) is 7.11 Å². The van der Waals surface area contributed by atoms with Crippen LogP contribution in [-0.2, 0) is 4.74 Å². The van der Waals surface area contributed by atoms with Gasteiger partial charge in [0, 0.05) is 26.2 Å². The summed E-state index contributed by atoms with van der Waals surface area (Å²) in [7, 11) is 1.63. The van der Waals surface area contributed by atoms with Crippen molar-refractivity contribution in [2.24, 2.45) is 0 Å². The minimum atomic E-state index is -0.363. The molecule has 4 heteroatoms. The monoisotopic (exact) mass is 230 g/mol. The first-order valence-electron chi connectivity index (χ1n) is 6.39. The van der Waals surface area contributed by atoms with Gasteiger partial charge in [-0.15, -0.1) is 0 Å². The summed E-state index contributed by atoms with van der Waals surface area (Å²) < 4.78 is 4.96. The van der Waals surface area contributed by atoms with Crippen LogP contribution in [0.15, 0.2) is 0 Å². The summed E-state index contributed by atoms with van der Waals surface area (Å²) >= 11 is 0. The number of ether oxygens (including phenoxy) is 1. The molecule has 0 aromatic carbocycles. The van der Waals surface area contributed by atoms with Gasteiger partial charge >= 0.3 is 0 Å². The smallest absolute Gasteiger partial charge is 0.0900 e. The number of methoxy groups -OCH3 is 1. The minimum absolute atomic E-state index is 0.363. The Morgan fingerprint density at radius 3 is 2.94 bits per heavy atom. The van der Waals surface area contributed by atoms with Crippen molar-refractivity contribution in [1.82, 2.24) is 10.2 Å². The summed E-state index contributed by atoms with van der Waals surface area (Å²) in [6, 6.07) is 0.612. The minimum Gasteiger partial charge on any atom is -0.389 e. The maximum atomic E-state index is 9.73. The van der Waals surface area contributed by atoms with E-state index in [-0.39, 0.29) is 6.10 Å². The standard InChI is InChI=1S/C12H26N2O2/c1-3-7-14(9-12(15)10-16-2)8-11-5-4-6-13-11/h11-13,15H,3-10H2,1-2H3. The summed E-state index contributed by atoms with van der Waals surface area (Å²) in [6.45, 7) is 6.58. The van der Waals surface area contributed by atoms with Crippen molar-refractivity contribution in [3.05, 3.63) is 0 Å². The van der Waals surface area contributed by atoms with Crippen LogP contribution in [0, 0.1) is 0 Å². The van der Waals surface area contributed by atoms with E-state index in [9.17, 15) is 5.11 Å². The first-order valence-corrected chi connectivity index (χ1v) is 6.39. The zero-order chi connectivity index (χ0) is 11.8. The van der Waals surface area contributed by atoms with Gasteiger partial charge in [-0.05, 0) is 32.4 Å². The number of hydrogen-bond donors (Lipinski definition) is 2. The van der Waals surface area contributed by atoms with Crippen molar-refractivity contribution in [3.63, 3.8) is 0 Å². The number of aliphatic hydroxyl groups is 1. The second-order valence-corrected chi connectivity index (χ2v) is 4.66. The molecule has 96 valence electrons. The van der Waals surface area contributed by atoms with Gasteiger partial charge in [0.15, 0.2) is 0 Å². The van der Waals surface area contributed by atoms with Crippen molar-refractivity contribution < 1.29 is 9.84 Å². The average Bonchev–Trinajstić information content (AvgIpc) is 2.71. The highest BCUT2D eigenvalue weighted by Gasteiger charge is 2.19. The van der Waals surface area contributed by atoms with Crippen LogP contribution >= 0.6 is 0 Å². The van der Waals surface area contributed by atoms with Crippen LogP contribution in [0.1, 0.15) is 26.2 Å². The number of rotatable bonds is 8. The van der Waals surface area contributed by atoms with Crippen LogP contribution in [0.25, 0.3) is 0 Å². The van der Waals surface area contributed by atoms with Crippen LogP contribution in [0.5, 0.6) is 0 Å². The Morgan fingerprint density at radius 2 is 2.38 bits per heavy atom. The molecule has 2 atom stereocenters. The highest BCUT2D eigenvalue weighted by molar-refractivity contribution is 4.78. The van der Waals surface area contributed by atoms with Gasteiger partial charge in [-0.25, -0.2) is 0 Å². The molecule has 2 N–H and O–H groups in total. The predicted molar refractivity (Wildman–Crippen MR) is 65.6 cm³/mol. The Kier molecular flexibility index (Phi) is 6.96. The first-order chi connectivity index (χ1) is 7.76. The third kappa shape index (κ3) is 5.25. The van der Waals surface area contributed by atoms with E-state index in [1.165, 1.54) is 12.8 Å². The van der Waals surface area contributed by atoms with E-state index < -0.39 is 0 Å². The van der Waals surface area contributed by atoms with Gasteiger partial charge in [0.25, 0.3) is 0 Å². The third-order valence-corrected chi connectivity index (χ3v) is 3.01. The fourth-order valence-electron chi connectivity index (χ4n) is 2.34. The lowest BCUT2D eigenvalue weighted by molar-refractivity contribution is 0.0359. The lowest BCUT2D eigenvalue weighted by Gasteiger charge is -2.27. The van der Waals surface area contributed by atoms with Crippen LogP contribution in [0.3, 0.4) is 0 Å². The van der Waals surface area contributed by atoms with Gasteiger partial charge in [-0.2, -0.15) is 0 Å². The van der Waals surface area contributed by atoms with E-state index in [1.807, 2.05) is 0 Å². The molecule has 0 saturated carbocycles. The molecule has 1 rings (SSSR count). The van der Waals surface area contributed by atoms with Crippen molar-refractivity contribution in [2.75, 3.05) is 39.9 Å². The number of aliphatic hydroxyl groups excluding tert-OH is 1. The van der Waals surface area contributed by atoms with Gasteiger partial charge in [0.2, 0.25) is 0 Å². The molecule has 1 aliphatic rings. The molecule has 0 aromatic rings. The van der Waals surface area contributed by atoms with Crippen molar-refractivity contribution in [3.8, 4) is 0 Å². The predicted octanol–water partition coefficient (Wildman–Crippen LogP) is 0.458. The van der Waals surface area contributed by atoms with Crippen LogP contribution < -0.4 is 5.32 Å². The van der Waals surface area contributed by atoms with E-state index >= 15 is 0 Å². The topological polar surface area (TPSA) is 44.7 Å². The summed E-state index contributed by atoms with van der Waals surface area (Å²) in [6.07, 6.45) is 3.32. The Bertz CT molecular complexity index is 172. The van der Waals surface area contributed by atoms with E-state index in [4.69, 9.17) is 4.74 Å². The number of nitrogens with zero attached hydrogens (tertiary/aromatic N) is 1. The highest BCUT2D eigenvalue weighted by atomic mass is 16.5. The SMILES string of the molecule is CCCN(CC(O)COC)CC1CCCN1. The van der Waals surface area contributed by atoms with Crippen LogP contribution in [-0.4, -0.2) is 62.0 Å². The maximum Gasteiger partial charge on any atom is 0.0900 e. The maximum absolute atomic E-state index is 9.73. The molecule has 2 unspecified atom stereocenters. The van der Waals surface area contributed by atoms with Gasteiger partial charge < -0.3 is 15.2 Å². The van der Waals surface area contributed by atoms with Gasteiger partial charge in [0.1, 0.15) is 0 Å². The quantitative estimate of drug-likeness (QED) is 0.636. The molecule has 1 fully saturated rings. The summed E-state index contributed by atoms with van der Waals surface area (Å²) in [5.74, 6) is 0. The van der Waals surface area contributed by atoms with E-state index in [2.05, 4.69) is 17.1 Å². The zero-order valence-corrected chi connectivity index (χ0v) is 10.6. The van der Waals surface area contributed by atoms with Gasteiger partial charge in [-0.3, -0.25) is 4.90 Å². The Labute approximate surface area is 99.0 Å². The molecule has 0 bridgehead atoms. The van der Waals surface area contributed by atoms with E-state index in [0.717, 1.165) is 32.6 Å². The molecule has 0 amide bonds.